The Kier molecular flexibility index (Phi) is 5.27. The van der Waals surface area contributed by atoms with Crippen molar-refractivity contribution >= 4 is 15.9 Å². The molecule has 21 heavy (non-hydrogen) atoms. The lowest BCUT2D eigenvalue weighted by atomic mass is 9.66. The lowest BCUT2D eigenvalue weighted by molar-refractivity contribution is -0.125. The largest absolute Gasteiger partial charge is 0.353 e. The SMILES string of the molecule is CCS(=O)(=O)N1CCC(NC(=O)CC2(CN)CCC2)CC1. The van der Waals surface area contributed by atoms with E-state index in [0.717, 1.165) is 19.3 Å². The Morgan fingerprint density at radius 2 is 1.95 bits per heavy atom. The summed E-state index contributed by atoms with van der Waals surface area (Å²) in [4.78, 5) is 12.1. The van der Waals surface area contributed by atoms with Crippen molar-refractivity contribution in [3.63, 3.8) is 0 Å². The van der Waals surface area contributed by atoms with Crippen molar-refractivity contribution in [2.45, 2.75) is 51.5 Å². The van der Waals surface area contributed by atoms with Gasteiger partial charge in [-0.3, -0.25) is 4.79 Å². The monoisotopic (exact) mass is 317 g/mol. The molecule has 3 N–H and O–H groups in total. The maximum atomic E-state index is 12.1. The smallest absolute Gasteiger partial charge is 0.220 e. The summed E-state index contributed by atoms with van der Waals surface area (Å²) in [6.07, 6.45) is 5.16. The molecule has 0 atom stereocenters. The molecule has 7 heteroatoms. The number of nitrogens with two attached hydrogens (primary N) is 1. The molecule has 1 aliphatic heterocycles. The van der Waals surface area contributed by atoms with Crippen molar-refractivity contribution in [1.82, 2.24) is 9.62 Å². The summed E-state index contributed by atoms with van der Waals surface area (Å²) in [6, 6.07) is 0.0932. The Bertz CT molecular complexity index is 460. The third-order valence-electron chi connectivity index (χ3n) is 4.96. The second kappa shape index (κ2) is 6.62. The molecule has 1 saturated carbocycles. The molecular formula is C14H27N3O3S. The molecule has 2 aliphatic rings. The van der Waals surface area contributed by atoms with Crippen LogP contribution in [0.1, 0.15) is 45.4 Å². The van der Waals surface area contributed by atoms with E-state index >= 15 is 0 Å². The number of rotatable bonds is 6. The fourth-order valence-corrected chi connectivity index (χ4v) is 4.34. The van der Waals surface area contributed by atoms with Gasteiger partial charge in [-0.1, -0.05) is 6.42 Å². The van der Waals surface area contributed by atoms with Crippen molar-refractivity contribution < 1.29 is 13.2 Å². The summed E-state index contributed by atoms with van der Waals surface area (Å²) >= 11 is 0. The maximum absolute atomic E-state index is 12.1. The van der Waals surface area contributed by atoms with Crippen LogP contribution in [0.15, 0.2) is 0 Å². The van der Waals surface area contributed by atoms with Gasteiger partial charge in [-0.15, -0.1) is 0 Å². The molecule has 0 radical (unpaired) electrons. The standard InChI is InChI=1S/C14H27N3O3S/c1-2-21(19,20)17-8-4-12(5-9-17)16-13(18)10-14(11-15)6-3-7-14/h12H,2-11,15H2,1H3,(H,16,18). The number of sulfonamides is 1. The molecular weight excluding hydrogens is 290 g/mol. The second-order valence-corrected chi connectivity index (χ2v) is 8.63. The van der Waals surface area contributed by atoms with Gasteiger partial charge in [0.25, 0.3) is 0 Å². The number of hydrogen-bond donors (Lipinski definition) is 2. The molecule has 0 spiro atoms. The highest BCUT2D eigenvalue weighted by atomic mass is 32.2. The summed E-state index contributed by atoms with van der Waals surface area (Å²) in [5, 5.41) is 3.05. The van der Waals surface area contributed by atoms with Crippen LogP contribution in [0.4, 0.5) is 0 Å². The van der Waals surface area contributed by atoms with Crippen LogP contribution < -0.4 is 11.1 Å². The van der Waals surface area contributed by atoms with Crippen LogP contribution in [0.3, 0.4) is 0 Å². The van der Waals surface area contributed by atoms with E-state index in [2.05, 4.69) is 5.32 Å². The van der Waals surface area contributed by atoms with Gasteiger partial charge in [0.15, 0.2) is 0 Å². The van der Waals surface area contributed by atoms with Crippen LogP contribution in [-0.4, -0.2) is 50.1 Å². The van der Waals surface area contributed by atoms with Crippen molar-refractivity contribution in [3.05, 3.63) is 0 Å². The quantitative estimate of drug-likeness (QED) is 0.743. The second-order valence-electron chi connectivity index (χ2n) is 6.38. The topological polar surface area (TPSA) is 92.5 Å². The van der Waals surface area contributed by atoms with E-state index < -0.39 is 10.0 Å². The van der Waals surface area contributed by atoms with Gasteiger partial charge < -0.3 is 11.1 Å². The number of carbonyl (C=O) groups excluding carboxylic acids is 1. The number of nitrogens with one attached hydrogen (secondary N) is 1. The molecule has 1 saturated heterocycles. The Balaban J connectivity index is 1.77. The fraction of sp³-hybridized carbons (Fsp3) is 0.929. The van der Waals surface area contributed by atoms with Gasteiger partial charge in [0, 0.05) is 25.6 Å². The summed E-state index contributed by atoms with van der Waals surface area (Å²) in [5.41, 5.74) is 5.80. The molecule has 2 fully saturated rings. The Morgan fingerprint density at radius 1 is 1.33 bits per heavy atom. The van der Waals surface area contributed by atoms with E-state index in [0.29, 0.717) is 38.9 Å². The van der Waals surface area contributed by atoms with E-state index in [1.165, 1.54) is 4.31 Å². The van der Waals surface area contributed by atoms with Gasteiger partial charge in [-0.05, 0) is 44.6 Å². The minimum absolute atomic E-state index is 0.0241. The van der Waals surface area contributed by atoms with Crippen LogP contribution in [-0.2, 0) is 14.8 Å². The molecule has 0 aromatic carbocycles. The molecule has 0 unspecified atom stereocenters. The lowest BCUT2D eigenvalue weighted by Gasteiger charge is -2.41. The predicted molar refractivity (Wildman–Crippen MR) is 82.2 cm³/mol. The van der Waals surface area contributed by atoms with Crippen molar-refractivity contribution in [2.24, 2.45) is 11.1 Å². The third-order valence-corrected chi connectivity index (χ3v) is 6.84. The van der Waals surface area contributed by atoms with Gasteiger partial charge in [-0.2, -0.15) is 0 Å². The van der Waals surface area contributed by atoms with Crippen molar-refractivity contribution in [2.75, 3.05) is 25.4 Å². The highest BCUT2D eigenvalue weighted by Crippen LogP contribution is 2.42. The van der Waals surface area contributed by atoms with E-state index in [1.54, 1.807) is 6.92 Å². The Labute approximate surface area is 127 Å². The zero-order valence-electron chi connectivity index (χ0n) is 12.8. The van der Waals surface area contributed by atoms with Gasteiger partial charge in [-0.25, -0.2) is 12.7 Å². The first kappa shape index (κ1) is 16.7. The Hall–Kier alpha value is -0.660. The molecule has 2 rings (SSSR count). The number of piperidine rings is 1. The molecule has 1 heterocycles. The maximum Gasteiger partial charge on any atom is 0.220 e. The van der Waals surface area contributed by atoms with Gasteiger partial charge in [0.2, 0.25) is 15.9 Å². The highest BCUT2D eigenvalue weighted by molar-refractivity contribution is 7.89. The summed E-state index contributed by atoms with van der Waals surface area (Å²) in [5.74, 6) is 0.209. The molecule has 1 aliphatic carbocycles. The van der Waals surface area contributed by atoms with Crippen LogP contribution in [0.5, 0.6) is 0 Å². The summed E-state index contributed by atoms with van der Waals surface area (Å²) in [6.45, 7) is 3.24. The molecule has 0 aromatic heterocycles. The minimum atomic E-state index is -3.10. The number of nitrogens with zero attached hydrogens (tertiary/aromatic N) is 1. The molecule has 122 valence electrons. The minimum Gasteiger partial charge on any atom is -0.353 e. The van der Waals surface area contributed by atoms with E-state index in [9.17, 15) is 13.2 Å². The zero-order chi connectivity index (χ0) is 15.5. The summed E-state index contributed by atoms with van der Waals surface area (Å²) in [7, 11) is -3.10. The lowest BCUT2D eigenvalue weighted by Crippen LogP contribution is -2.49. The zero-order valence-corrected chi connectivity index (χ0v) is 13.6. The van der Waals surface area contributed by atoms with E-state index in [-0.39, 0.29) is 23.1 Å². The van der Waals surface area contributed by atoms with Crippen LogP contribution >= 0.6 is 0 Å². The normalized spacial score (nSPS) is 23.5. The van der Waals surface area contributed by atoms with Crippen LogP contribution in [0.25, 0.3) is 0 Å². The number of hydrogen-bond acceptors (Lipinski definition) is 4. The van der Waals surface area contributed by atoms with E-state index in [4.69, 9.17) is 5.73 Å². The molecule has 0 bridgehead atoms. The Morgan fingerprint density at radius 3 is 2.38 bits per heavy atom. The first-order chi connectivity index (χ1) is 9.91. The van der Waals surface area contributed by atoms with Gasteiger partial charge in [0.1, 0.15) is 0 Å². The highest BCUT2D eigenvalue weighted by Gasteiger charge is 2.38. The average molecular weight is 317 g/mol. The van der Waals surface area contributed by atoms with Gasteiger partial charge in [0.05, 0.1) is 5.75 Å². The van der Waals surface area contributed by atoms with Gasteiger partial charge >= 0.3 is 0 Å². The van der Waals surface area contributed by atoms with Crippen molar-refractivity contribution in [1.29, 1.82) is 0 Å². The third kappa shape index (κ3) is 3.96. The fourth-order valence-electron chi connectivity index (χ4n) is 3.21. The van der Waals surface area contributed by atoms with Crippen molar-refractivity contribution in [3.8, 4) is 0 Å². The van der Waals surface area contributed by atoms with Crippen LogP contribution in [0, 0.1) is 5.41 Å². The molecule has 0 aromatic rings. The molecule has 1 amide bonds. The van der Waals surface area contributed by atoms with Crippen LogP contribution in [0.2, 0.25) is 0 Å². The molecule has 6 nitrogen and oxygen atoms in total. The van der Waals surface area contributed by atoms with E-state index in [1.807, 2.05) is 0 Å². The first-order valence-corrected chi connectivity index (χ1v) is 9.49. The number of carbonyl (C=O) groups is 1. The first-order valence-electron chi connectivity index (χ1n) is 7.88. The predicted octanol–water partition coefficient (Wildman–Crippen LogP) is 0.436. The average Bonchev–Trinajstić information content (AvgIpc) is 2.43. The number of amides is 1. The summed E-state index contributed by atoms with van der Waals surface area (Å²) < 4.78 is 25.1.